The summed E-state index contributed by atoms with van der Waals surface area (Å²) in [7, 11) is 1.29. The maximum atomic E-state index is 11.7. The highest BCUT2D eigenvalue weighted by Crippen LogP contribution is 2.17. The van der Waals surface area contributed by atoms with Crippen LogP contribution in [-0.4, -0.2) is 48.4 Å². The van der Waals surface area contributed by atoms with Crippen LogP contribution in [0.2, 0.25) is 0 Å². The lowest BCUT2D eigenvalue weighted by atomic mass is 9.96. The fourth-order valence-corrected chi connectivity index (χ4v) is 2.49. The van der Waals surface area contributed by atoms with E-state index < -0.39 is 5.97 Å². The van der Waals surface area contributed by atoms with Crippen molar-refractivity contribution in [1.29, 1.82) is 0 Å². The van der Waals surface area contributed by atoms with Gasteiger partial charge in [0.05, 0.1) is 7.11 Å². The van der Waals surface area contributed by atoms with Gasteiger partial charge in [0.25, 0.3) is 0 Å². The molecule has 0 radical (unpaired) electrons. The second-order valence-corrected chi connectivity index (χ2v) is 5.46. The summed E-state index contributed by atoms with van der Waals surface area (Å²) in [6.07, 6.45) is 5.76. The Morgan fingerprint density at radius 3 is 2.61 bits per heavy atom. The highest BCUT2D eigenvalue weighted by atomic mass is 16.5. The fourth-order valence-electron chi connectivity index (χ4n) is 2.49. The molecule has 1 aromatic heterocycles. The van der Waals surface area contributed by atoms with Gasteiger partial charge in [-0.2, -0.15) is 0 Å². The molecule has 0 aromatic carbocycles. The van der Waals surface area contributed by atoms with Crippen molar-refractivity contribution in [3.05, 3.63) is 17.8 Å². The fraction of sp³-hybridized carbons (Fsp3) is 0.600. The number of rotatable bonds is 6. The van der Waals surface area contributed by atoms with Crippen molar-refractivity contribution in [1.82, 2.24) is 20.8 Å². The molecule has 1 heterocycles. The minimum absolute atomic E-state index is 0.133. The van der Waals surface area contributed by atoms with E-state index >= 15 is 0 Å². The second-order valence-electron chi connectivity index (χ2n) is 5.46. The number of aromatic nitrogens is 2. The molecule has 1 fully saturated rings. The smallest absolute Gasteiger partial charge is 0.358 e. The SMILES string of the molecule is COC(=O)c1ccc(NCCNC(=O)NC2CCCCC2)nn1. The summed E-state index contributed by atoms with van der Waals surface area (Å²) in [4.78, 5) is 23.0. The van der Waals surface area contributed by atoms with Gasteiger partial charge in [-0.25, -0.2) is 9.59 Å². The first-order valence-electron chi connectivity index (χ1n) is 7.89. The molecule has 0 bridgehead atoms. The third kappa shape index (κ3) is 5.72. The Hall–Kier alpha value is -2.38. The van der Waals surface area contributed by atoms with Crippen molar-refractivity contribution in [2.24, 2.45) is 0 Å². The first-order valence-corrected chi connectivity index (χ1v) is 7.89. The summed E-state index contributed by atoms with van der Waals surface area (Å²) in [5, 5.41) is 16.4. The van der Waals surface area contributed by atoms with Crippen LogP contribution in [-0.2, 0) is 4.74 Å². The van der Waals surface area contributed by atoms with Crippen LogP contribution in [0.5, 0.6) is 0 Å². The van der Waals surface area contributed by atoms with Crippen molar-refractivity contribution in [3.63, 3.8) is 0 Å². The Labute approximate surface area is 135 Å². The summed E-state index contributed by atoms with van der Waals surface area (Å²) < 4.78 is 4.55. The Balaban J connectivity index is 1.62. The normalized spacial score (nSPS) is 14.8. The summed E-state index contributed by atoms with van der Waals surface area (Å²) in [5.74, 6) is 0.0113. The van der Waals surface area contributed by atoms with Crippen LogP contribution in [0.4, 0.5) is 10.6 Å². The lowest BCUT2D eigenvalue weighted by Gasteiger charge is -2.22. The molecule has 0 aliphatic heterocycles. The number of methoxy groups -OCH3 is 1. The molecule has 1 saturated carbocycles. The third-order valence-corrected chi connectivity index (χ3v) is 3.72. The molecule has 126 valence electrons. The molecule has 23 heavy (non-hydrogen) atoms. The number of esters is 1. The molecule has 1 aliphatic carbocycles. The second kappa shape index (κ2) is 8.92. The number of ether oxygens (including phenoxy) is 1. The molecule has 0 atom stereocenters. The van der Waals surface area contributed by atoms with E-state index in [1.807, 2.05) is 0 Å². The number of carbonyl (C=O) groups excluding carboxylic acids is 2. The standard InChI is InChI=1S/C15H23N5O3/c1-23-14(21)12-7-8-13(20-19-12)16-9-10-17-15(22)18-11-5-3-2-4-6-11/h7-8,11H,2-6,9-10H2,1H3,(H,16,20)(H2,17,18,22). The first kappa shape index (κ1) is 17.0. The van der Waals surface area contributed by atoms with Crippen LogP contribution in [0.3, 0.4) is 0 Å². The van der Waals surface area contributed by atoms with Crippen molar-refractivity contribution in [2.75, 3.05) is 25.5 Å². The number of nitrogens with one attached hydrogen (secondary N) is 3. The number of nitrogens with zero attached hydrogens (tertiary/aromatic N) is 2. The Morgan fingerprint density at radius 1 is 1.17 bits per heavy atom. The monoisotopic (exact) mass is 321 g/mol. The zero-order chi connectivity index (χ0) is 16.5. The quantitative estimate of drug-likeness (QED) is 0.539. The number of amides is 2. The lowest BCUT2D eigenvalue weighted by Crippen LogP contribution is -2.44. The zero-order valence-electron chi connectivity index (χ0n) is 13.3. The number of urea groups is 1. The van der Waals surface area contributed by atoms with Crippen LogP contribution in [0.25, 0.3) is 0 Å². The van der Waals surface area contributed by atoms with E-state index in [1.54, 1.807) is 6.07 Å². The van der Waals surface area contributed by atoms with Crippen LogP contribution < -0.4 is 16.0 Å². The van der Waals surface area contributed by atoms with Crippen molar-refractivity contribution in [2.45, 2.75) is 38.1 Å². The molecule has 8 heteroatoms. The van der Waals surface area contributed by atoms with Crippen LogP contribution in [0.15, 0.2) is 12.1 Å². The minimum Gasteiger partial charge on any atom is -0.464 e. The third-order valence-electron chi connectivity index (χ3n) is 3.72. The summed E-state index contributed by atoms with van der Waals surface area (Å²) >= 11 is 0. The Kier molecular flexibility index (Phi) is 6.58. The molecular weight excluding hydrogens is 298 g/mol. The molecular formula is C15H23N5O3. The molecule has 0 saturated heterocycles. The van der Waals surface area contributed by atoms with Crippen molar-refractivity contribution < 1.29 is 14.3 Å². The molecule has 1 aliphatic rings. The molecule has 0 spiro atoms. The van der Waals surface area contributed by atoms with E-state index in [9.17, 15) is 9.59 Å². The van der Waals surface area contributed by atoms with Crippen molar-refractivity contribution in [3.8, 4) is 0 Å². The van der Waals surface area contributed by atoms with Gasteiger partial charge in [-0.05, 0) is 25.0 Å². The largest absolute Gasteiger partial charge is 0.464 e. The Bertz CT molecular complexity index is 514. The van der Waals surface area contributed by atoms with Crippen LogP contribution in [0.1, 0.15) is 42.6 Å². The van der Waals surface area contributed by atoms with E-state index in [4.69, 9.17) is 0 Å². The van der Waals surface area contributed by atoms with Crippen molar-refractivity contribution >= 4 is 17.8 Å². The molecule has 3 N–H and O–H groups in total. The number of hydrogen-bond donors (Lipinski definition) is 3. The summed E-state index contributed by atoms with van der Waals surface area (Å²) in [6.45, 7) is 0.989. The average molecular weight is 321 g/mol. The molecule has 8 nitrogen and oxygen atoms in total. The van der Waals surface area contributed by atoms with Crippen LogP contribution in [0, 0.1) is 0 Å². The predicted molar refractivity (Wildman–Crippen MR) is 85.3 cm³/mol. The zero-order valence-corrected chi connectivity index (χ0v) is 13.3. The topological polar surface area (TPSA) is 105 Å². The summed E-state index contributed by atoms with van der Waals surface area (Å²) in [5.41, 5.74) is 0.156. The van der Waals surface area contributed by atoms with Gasteiger partial charge < -0.3 is 20.7 Å². The average Bonchev–Trinajstić information content (AvgIpc) is 2.59. The number of carbonyl (C=O) groups is 2. The summed E-state index contributed by atoms with van der Waals surface area (Å²) in [6, 6.07) is 3.34. The Morgan fingerprint density at radius 2 is 1.96 bits per heavy atom. The van der Waals surface area contributed by atoms with Gasteiger partial charge in [-0.3, -0.25) is 0 Å². The van der Waals surface area contributed by atoms with Gasteiger partial charge in [0.2, 0.25) is 0 Å². The maximum absolute atomic E-state index is 11.7. The molecule has 0 unspecified atom stereocenters. The highest BCUT2D eigenvalue weighted by molar-refractivity contribution is 5.86. The highest BCUT2D eigenvalue weighted by Gasteiger charge is 2.15. The van der Waals surface area contributed by atoms with Crippen LogP contribution >= 0.6 is 0 Å². The maximum Gasteiger partial charge on any atom is 0.358 e. The van der Waals surface area contributed by atoms with E-state index in [0.717, 1.165) is 12.8 Å². The lowest BCUT2D eigenvalue weighted by molar-refractivity contribution is 0.0592. The number of anilines is 1. The van der Waals surface area contributed by atoms with Gasteiger partial charge in [-0.15, -0.1) is 10.2 Å². The van der Waals surface area contributed by atoms with E-state index in [2.05, 4.69) is 30.9 Å². The molecule has 2 rings (SSSR count). The predicted octanol–water partition coefficient (Wildman–Crippen LogP) is 1.31. The van der Waals surface area contributed by atoms with Gasteiger partial charge in [0, 0.05) is 19.1 Å². The first-order chi connectivity index (χ1) is 11.2. The molecule has 2 amide bonds. The van der Waals surface area contributed by atoms with Gasteiger partial charge in [0.1, 0.15) is 5.82 Å². The van der Waals surface area contributed by atoms with E-state index in [-0.39, 0.29) is 11.7 Å². The van der Waals surface area contributed by atoms with Gasteiger partial charge in [-0.1, -0.05) is 19.3 Å². The number of hydrogen-bond acceptors (Lipinski definition) is 6. The van der Waals surface area contributed by atoms with Gasteiger partial charge >= 0.3 is 12.0 Å². The minimum atomic E-state index is -0.523. The van der Waals surface area contributed by atoms with Gasteiger partial charge in [0.15, 0.2) is 5.69 Å². The molecule has 1 aromatic rings. The van der Waals surface area contributed by atoms with E-state index in [1.165, 1.54) is 32.4 Å². The van der Waals surface area contributed by atoms with E-state index in [0.29, 0.717) is 24.9 Å².